The molecule has 0 aliphatic heterocycles. The molecule has 1 saturated carbocycles. The van der Waals surface area contributed by atoms with Crippen LogP contribution in [0, 0.1) is 11.7 Å². The first-order valence-corrected chi connectivity index (χ1v) is 5.66. The fourth-order valence-electron chi connectivity index (χ4n) is 1.50. The Labute approximate surface area is 95.6 Å². The van der Waals surface area contributed by atoms with Crippen molar-refractivity contribution in [1.82, 2.24) is 0 Å². The van der Waals surface area contributed by atoms with Gasteiger partial charge in [0.15, 0.2) is 0 Å². The Morgan fingerprint density at radius 3 is 2.71 bits per heavy atom. The van der Waals surface area contributed by atoms with Crippen molar-refractivity contribution >= 4 is 27.5 Å². The second kappa shape index (κ2) is 3.80. The predicted octanol–water partition coefficient (Wildman–Crippen LogP) is 3.65. The molecule has 1 aromatic carbocycles. The van der Waals surface area contributed by atoms with Crippen LogP contribution in [-0.4, -0.2) is 0 Å². The Morgan fingerprint density at radius 2 is 2.14 bits per heavy atom. The van der Waals surface area contributed by atoms with Crippen LogP contribution in [0.15, 0.2) is 16.6 Å². The molecule has 0 saturated heterocycles. The first kappa shape index (κ1) is 10.4. The van der Waals surface area contributed by atoms with Gasteiger partial charge < -0.3 is 5.73 Å². The molecular formula is C10H10BrClFN. The summed E-state index contributed by atoms with van der Waals surface area (Å²) in [5, 5.41) is 0.540. The van der Waals surface area contributed by atoms with E-state index in [9.17, 15) is 4.39 Å². The minimum absolute atomic E-state index is 0.120. The zero-order valence-electron chi connectivity index (χ0n) is 7.43. The summed E-state index contributed by atoms with van der Waals surface area (Å²) in [5.74, 6) is 0.175. The maximum Gasteiger partial charge on any atom is 0.137 e. The lowest BCUT2D eigenvalue weighted by Crippen LogP contribution is -2.13. The number of hydrogen-bond donors (Lipinski definition) is 1. The molecule has 0 heterocycles. The molecule has 0 radical (unpaired) electrons. The fraction of sp³-hybridized carbons (Fsp3) is 0.400. The Balaban J connectivity index is 2.36. The summed E-state index contributed by atoms with van der Waals surface area (Å²) in [6.07, 6.45) is 2.24. The van der Waals surface area contributed by atoms with E-state index in [1.54, 1.807) is 6.07 Å². The van der Waals surface area contributed by atoms with E-state index >= 15 is 0 Å². The highest BCUT2D eigenvalue weighted by Crippen LogP contribution is 2.42. The van der Waals surface area contributed by atoms with Gasteiger partial charge in [-0.15, -0.1) is 0 Å². The molecule has 0 spiro atoms. The molecule has 0 aromatic heterocycles. The van der Waals surface area contributed by atoms with Crippen LogP contribution in [0.3, 0.4) is 0 Å². The molecule has 2 N–H and O–H groups in total. The van der Waals surface area contributed by atoms with Gasteiger partial charge in [0.25, 0.3) is 0 Å². The van der Waals surface area contributed by atoms with E-state index in [2.05, 4.69) is 15.9 Å². The first-order valence-electron chi connectivity index (χ1n) is 4.49. The van der Waals surface area contributed by atoms with Crippen molar-refractivity contribution in [2.45, 2.75) is 18.9 Å². The maximum atomic E-state index is 13.2. The van der Waals surface area contributed by atoms with Gasteiger partial charge in [-0.25, -0.2) is 4.39 Å². The van der Waals surface area contributed by atoms with Crippen molar-refractivity contribution in [3.05, 3.63) is 33.0 Å². The summed E-state index contributed by atoms with van der Waals surface area (Å²) in [6.45, 7) is 0. The molecule has 2 rings (SSSR count). The van der Waals surface area contributed by atoms with E-state index in [0.29, 0.717) is 15.4 Å². The molecule has 76 valence electrons. The van der Waals surface area contributed by atoms with Crippen LogP contribution >= 0.6 is 27.5 Å². The van der Waals surface area contributed by atoms with E-state index in [4.69, 9.17) is 17.3 Å². The lowest BCUT2D eigenvalue weighted by Gasteiger charge is -2.13. The van der Waals surface area contributed by atoms with Gasteiger partial charge in [0.2, 0.25) is 0 Å². The number of benzene rings is 1. The third-order valence-corrected chi connectivity index (χ3v) is 3.46. The molecule has 1 aliphatic carbocycles. The van der Waals surface area contributed by atoms with Gasteiger partial charge in [-0.3, -0.25) is 0 Å². The van der Waals surface area contributed by atoms with Crippen molar-refractivity contribution in [2.75, 3.05) is 0 Å². The van der Waals surface area contributed by atoms with E-state index in [0.717, 1.165) is 18.4 Å². The van der Waals surface area contributed by atoms with Crippen LogP contribution < -0.4 is 5.73 Å². The average Bonchev–Trinajstić information content (AvgIpc) is 2.93. The summed E-state index contributed by atoms with van der Waals surface area (Å²) in [5.41, 5.74) is 6.67. The first-order chi connectivity index (χ1) is 6.59. The van der Waals surface area contributed by atoms with Crippen LogP contribution in [0.4, 0.5) is 4.39 Å². The van der Waals surface area contributed by atoms with Crippen molar-refractivity contribution in [3.63, 3.8) is 0 Å². The molecule has 0 amide bonds. The molecule has 4 heteroatoms. The second-order valence-corrected chi connectivity index (χ2v) is 4.91. The van der Waals surface area contributed by atoms with E-state index in [1.165, 1.54) is 6.07 Å². The summed E-state index contributed by atoms with van der Waals surface area (Å²) >= 11 is 9.07. The highest BCUT2D eigenvalue weighted by molar-refractivity contribution is 9.10. The molecule has 1 fully saturated rings. The van der Waals surface area contributed by atoms with Crippen LogP contribution in [0.2, 0.25) is 5.02 Å². The van der Waals surface area contributed by atoms with Gasteiger partial charge in [0.1, 0.15) is 5.82 Å². The zero-order valence-corrected chi connectivity index (χ0v) is 9.78. The van der Waals surface area contributed by atoms with Crippen LogP contribution in [0.25, 0.3) is 0 Å². The lowest BCUT2D eigenvalue weighted by atomic mass is 10.0. The van der Waals surface area contributed by atoms with E-state index in [1.807, 2.05) is 0 Å². The third-order valence-electron chi connectivity index (χ3n) is 2.53. The summed E-state index contributed by atoms with van der Waals surface area (Å²) in [7, 11) is 0. The molecule has 1 aromatic rings. The van der Waals surface area contributed by atoms with Gasteiger partial charge in [-0.05, 0) is 52.4 Å². The molecule has 1 atom stereocenters. The topological polar surface area (TPSA) is 26.0 Å². The van der Waals surface area contributed by atoms with Gasteiger partial charge in [-0.2, -0.15) is 0 Å². The van der Waals surface area contributed by atoms with E-state index < -0.39 is 0 Å². The van der Waals surface area contributed by atoms with Crippen molar-refractivity contribution in [3.8, 4) is 0 Å². The average molecular weight is 279 g/mol. The normalized spacial score (nSPS) is 18.3. The Bertz CT molecular complexity index is 365. The largest absolute Gasteiger partial charge is 0.324 e. The number of nitrogens with two attached hydrogens (primary N) is 1. The molecule has 0 unspecified atom stereocenters. The minimum Gasteiger partial charge on any atom is -0.324 e. The van der Waals surface area contributed by atoms with Crippen molar-refractivity contribution < 1.29 is 4.39 Å². The van der Waals surface area contributed by atoms with Gasteiger partial charge in [0, 0.05) is 11.1 Å². The van der Waals surface area contributed by atoms with Crippen LogP contribution in [-0.2, 0) is 0 Å². The fourth-order valence-corrected chi connectivity index (χ4v) is 2.27. The predicted molar refractivity (Wildman–Crippen MR) is 58.8 cm³/mol. The minimum atomic E-state index is -0.305. The van der Waals surface area contributed by atoms with Gasteiger partial charge in [0.05, 0.1) is 4.47 Å². The standard InChI is InChI=1S/C10H10BrClFN/c11-7-4-8(12)6(3-9(7)13)10(14)5-1-2-5/h3-5,10H,1-2,14H2/t10-/m1/s1. The van der Waals surface area contributed by atoms with Crippen molar-refractivity contribution in [1.29, 1.82) is 0 Å². The number of halogens is 3. The number of rotatable bonds is 2. The summed E-state index contributed by atoms with van der Waals surface area (Å²) in [4.78, 5) is 0. The molecule has 1 aliphatic rings. The molecular weight excluding hydrogens is 268 g/mol. The Kier molecular flexibility index (Phi) is 2.82. The molecule has 14 heavy (non-hydrogen) atoms. The van der Waals surface area contributed by atoms with Gasteiger partial charge >= 0.3 is 0 Å². The Hall–Kier alpha value is -0.120. The third kappa shape index (κ3) is 1.95. The van der Waals surface area contributed by atoms with Crippen LogP contribution in [0.1, 0.15) is 24.4 Å². The Morgan fingerprint density at radius 1 is 1.50 bits per heavy atom. The second-order valence-electron chi connectivity index (χ2n) is 3.65. The van der Waals surface area contributed by atoms with E-state index in [-0.39, 0.29) is 11.9 Å². The quantitative estimate of drug-likeness (QED) is 0.821. The highest BCUT2D eigenvalue weighted by Gasteiger charge is 2.31. The smallest absolute Gasteiger partial charge is 0.137 e. The monoisotopic (exact) mass is 277 g/mol. The maximum absolute atomic E-state index is 13.2. The van der Waals surface area contributed by atoms with Crippen LogP contribution in [0.5, 0.6) is 0 Å². The SMILES string of the molecule is N[C@@H](c1cc(F)c(Br)cc1Cl)C1CC1. The number of hydrogen-bond acceptors (Lipinski definition) is 1. The summed E-state index contributed by atoms with van der Waals surface area (Å²) in [6, 6.07) is 2.87. The molecule has 0 bridgehead atoms. The van der Waals surface area contributed by atoms with Crippen molar-refractivity contribution in [2.24, 2.45) is 11.7 Å². The molecule has 1 nitrogen and oxygen atoms in total. The van der Waals surface area contributed by atoms with Gasteiger partial charge in [-0.1, -0.05) is 11.6 Å². The highest BCUT2D eigenvalue weighted by atomic mass is 79.9. The lowest BCUT2D eigenvalue weighted by molar-refractivity contribution is 0.597. The zero-order chi connectivity index (χ0) is 10.3. The summed E-state index contributed by atoms with van der Waals surface area (Å²) < 4.78 is 13.6.